The van der Waals surface area contributed by atoms with E-state index in [2.05, 4.69) is 13.0 Å². The van der Waals surface area contributed by atoms with E-state index in [1.165, 1.54) is 18.9 Å². The Morgan fingerprint density at radius 2 is 1.96 bits per heavy atom. The van der Waals surface area contributed by atoms with E-state index in [4.69, 9.17) is 9.84 Å². The van der Waals surface area contributed by atoms with Gasteiger partial charge in [0.1, 0.15) is 0 Å². The molecule has 1 saturated heterocycles. The number of carbonyl (C=O) groups is 1. The molecular formula is C20H34O6. The van der Waals surface area contributed by atoms with Crippen LogP contribution in [-0.4, -0.2) is 56.9 Å². The van der Waals surface area contributed by atoms with Crippen LogP contribution < -0.4 is 0 Å². The molecule has 150 valence electrons. The molecule has 0 radical (unpaired) electrons. The maximum Gasteiger partial charge on any atom is 0.303 e. The number of allylic oxidation sites excluding steroid dienone is 1. The Kier molecular flexibility index (Phi) is 11.4. The molecule has 4 N–H and O–H groups in total. The van der Waals surface area contributed by atoms with Crippen molar-refractivity contribution in [1.82, 2.24) is 0 Å². The molecule has 1 fully saturated rings. The van der Waals surface area contributed by atoms with Gasteiger partial charge in [0.05, 0.1) is 30.5 Å². The summed E-state index contributed by atoms with van der Waals surface area (Å²) in [6, 6.07) is 0. The molecule has 6 heteroatoms. The van der Waals surface area contributed by atoms with Gasteiger partial charge in [0, 0.05) is 12.8 Å². The third kappa shape index (κ3) is 9.48. The van der Waals surface area contributed by atoms with E-state index < -0.39 is 36.5 Å². The monoisotopic (exact) mass is 370 g/mol. The normalized spacial score (nSPS) is 25.9. The fourth-order valence-electron chi connectivity index (χ4n) is 3.01. The number of aliphatic hydroxyl groups is 3. The summed E-state index contributed by atoms with van der Waals surface area (Å²) in [5.41, 5.74) is 0. The van der Waals surface area contributed by atoms with Crippen LogP contribution >= 0.6 is 0 Å². The van der Waals surface area contributed by atoms with Crippen LogP contribution in [0.5, 0.6) is 0 Å². The molecule has 0 aromatic carbocycles. The number of rotatable bonds is 13. The van der Waals surface area contributed by atoms with E-state index in [1.807, 2.05) is 6.08 Å². The van der Waals surface area contributed by atoms with Crippen molar-refractivity contribution in [1.29, 1.82) is 0 Å². The highest BCUT2D eigenvalue weighted by molar-refractivity contribution is 5.66. The van der Waals surface area contributed by atoms with Crippen LogP contribution in [0.3, 0.4) is 0 Å². The zero-order valence-corrected chi connectivity index (χ0v) is 15.7. The lowest BCUT2D eigenvalue weighted by molar-refractivity contribution is -0.137. The van der Waals surface area contributed by atoms with E-state index in [1.54, 1.807) is 6.08 Å². The van der Waals surface area contributed by atoms with Gasteiger partial charge in [0.25, 0.3) is 0 Å². The molecule has 0 aliphatic carbocycles. The standard InChI is InChI=1S/C20H34O6/c1-2-3-4-5-6-7-9-15(21)12-13-16(22)19-14-17(23)18(26-19)10-8-11-20(24)25/h6-7,12-13,15-19,21-23H,2-5,8-11,14H2,1H3,(H,24,25)/b7-6-,13-12-. The maximum absolute atomic E-state index is 10.5. The number of aliphatic hydroxyl groups excluding tert-OH is 3. The number of carboxylic acid groups (broad SMARTS) is 1. The van der Waals surface area contributed by atoms with Crippen LogP contribution in [0.15, 0.2) is 24.3 Å². The molecule has 1 rings (SSSR count). The summed E-state index contributed by atoms with van der Waals surface area (Å²) >= 11 is 0. The second-order valence-electron chi connectivity index (χ2n) is 6.95. The summed E-state index contributed by atoms with van der Waals surface area (Å²) in [5, 5.41) is 38.7. The van der Waals surface area contributed by atoms with E-state index in [-0.39, 0.29) is 6.42 Å². The summed E-state index contributed by atoms with van der Waals surface area (Å²) in [5.74, 6) is -0.870. The fraction of sp³-hybridized carbons (Fsp3) is 0.750. The minimum Gasteiger partial charge on any atom is -0.481 e. The molecule has 6 nitrogen and oxygen atoms in total. The first-order valence-electron chi connectivity index (χ1n) is 9.68. The van der Waals surface area contributed by atoms with E-state index >= 15 is 0 Å². The topological polar surface area (TPSA) is 107 Å². The number of hydrogen-bond donors (Lipinski definition) is 4. The second kappa shape index (κ2) is 13.0. The average Bonchev–Trinajstić information content (AvgIpc) is 2.96. The highest BCUT2D eigenvalue weighted by Crippen LogP contribution is 2.27. The SMILES string of the molecule is CCCCC/C=C\CC(O)/C=C\C(O)C1CC(O)C(CCCC(=O)O)O1. The van der Waals surface area contributed by atoms with Gasteiger partial charge in [-0.25, -0.2) is 0 Å². The predicted octanol–water partition coefficient (Wildman–Crippen LogP) is 2.56. The number of aliphatic carboxylic acids is 1. The van der Waals surface area contributed by atoms with Gasteiger partial charge < -0.3 is 25.2 Å². The van der Waals surface area contributed by atoms with E-state index in [0.29, 0.717) is 25.7 Å². The largest absolute Gasteiger partial charge is 0.481 e. The summed E-state index contributed by atoms with van der Waals surface area (Å²) in [6.45, 7) is 2.16. The molecule has 5 atom stereocenters. The first-order valence-corrected chi connectivity index (χ1v) is 9.68. The van der Waals surface area contributed by atoms with Crippen molar-refractivity contribution in [2.45, 2.75) is 95.2 Å². The average molecular weight is 370 g/mol. The van der Waals surface area contributed by atoms with Crippen molar-refractivity contribution in [3.8, 4) is 0 Å². The molecule has 0 amide bonds. The van der Waals surface area contributed by atoms with Crippen LogP contribution in [0.25, 0.3) is 0 Å². The third-order valence-electron chi connectivity index (χ3n) is 4.56. The van der Waals surface area contributed by atoms with Gasteiger partial charge in [-0.2, -0.15) is 0 Å². The van der Waals surface area contributed by atoms with Crippen LogP contribution in [0.2, 0.25) is 0 Å². The number of unbranched alkanes of at least 4 members (excludes halogenated alkanes) is 3. The highest BCUT2D eigenvalue weighted by atomic mass is 16.5. The minimum absolute atomic E-state index is 0.0395. The van der Waals surface area contributed by atoms with Gasteiger partial charge in [-0.1, -0.05) is 44.1 Å². The van der Waals surface area contributed by atoms with E-state index in [9.17, 15) is 20.1 Å². The zero-order valence-electron chi connectivity index (χ0n) is 15.7. The molecular weight excluding hydrogens is 336 g/mol. The Hall–Kier alpha value is -1.21. The Bertz CT molecular complexity index is 448. The van der Waals surface area contributed by atoms with Crippen LogP contribution in [-0.2, 0) is 9.53 Å². The predicted molar refractivity (Wildman–Crippen MR) is 99.8 cm³/mol. The first-order chi connectivity index (χ1) is 12.4. The lowest BCUT2D eigenvalue weighted by Crippen LogP contribution is -2.25. The van der Waals surface area contributed by atoms with Crippen molar-refractivity contribution in [3.05, 3.63) is 24.3 Å². The van der Waals surface area contributed by atoms with E-state index in [0.717, 1.165) is 12.8 Å². The lowest BCUT2D eigenvalue weighted by atomic mass is 10.0. The Balaban J connectivity index is 2.29. The molecule has 26 heavy (non-hydrogen) atoms. The quantitative estimate of drug-likeness (QED) is 0.293. The van der Waals surface area contributed by atoms with Gasteiger partial charge >= 0.3 is 5.97 Å². The molecule has 0 bridgehead atoms. The number of ether oxygens (including phenoxy) is 1. The van der Waals surface area contributed by atoms with Crippen molar-refractivity contribution in [3.63, 3.8) is 0 Å². The van der Waals surface area contributed by atoms with Crippen LogP contribution in [0, 0.1) is 0 Å². The van der Waals surface area contributed by atoms with Crippen molar-refractivity contribution in [2.75, 3.05) is 0 Å². The van der Waals surface area contributed by atoms with Crippen molar-refractivity contribution < 1.29 is 30.0 Å². The number of carboxylic acids is 1. The van der Waals surface area contributed by atoms with Crippen molar-refractivity contribution >= 4 is 5.97 Å². The minimum atomic E-state index is -0.905. The third-order valence-corrected chi connectivity index (χ3v) is 4.56. The van der Waals surface area contributed by atoms with Crippen LogP contribution in [0.4, 0.5) is 0 Å². The fourth-order valence-corrected chi connectivity index (χ4v) is 3.01. The summed E-state index contributed by atoms with van der Waals surface area (Å²) in [6.07, 6.45) is 10.1. The zero-order chi connectivity index (χ0) is 19.4. The van der Waals surface area contributed by atoms with Gasteiger partial charge in [0.15, 0.2) is 0 Å². The Morgan fingerprint density at radius 1 is 1.19 bits per heavy atom. The molecule has 5 unspecified atom stereocenters. The van der Waals surface area contributed by atoms with Gasteiger partial charge in [0.2, 0.25) is 0 Å². The molecule has 1 heterocycles. The van der Waals surface area contributed by atoms with Gasteiger partial charge in [-0.15, -0.1) is 0 Å². The molecule has 0 aromatic heterocycles. The first kappa shape index (κ1) is 22.8. The molecule has 0 saturated carbocycles. The highest BCUT2D eigenvalue weighted by Gasteiger charge is 2.36. The Morgan fingerprint density at radius 3 is 2.65 bits per heavy atom. The maximum atomic E-state index is 10.5. The van der Waals surface area contributed by atoms with Gasteiger partial charge in [-0.3, -0.25) is 4.79 Å². The molecule has 1 aliphatic heterocycles. The van der Waals surface area contributed by atoms with Crippen molar-refractivity contribution in [2.24, 2.45) is 0 Å². The number of hydrogen-bond acceptors (Lipinski definition) is 5. The molecule has 1 aliphatic rings. The summed E-state index contributed by atoms with van der Waals surface area (Å²) in [7, 11) is 0. The lowest BCUT2D eigenvalue weighted by Gasteiger charge is -2.17. The van der Waals surface area contributed by atoms with Crippen LogP contribution in [0.1, 0.15) is 64.7 Å². The smallest absolute Gasteiger partial charge is 0.303 e. The molecule has 0 aromatic rings. The van der Waals surface area contributed by atoms with Gasteiger partial charge in [-0.05, 0) is 32.1 Å². The summed E-state index contributed by atoms with van der Waals surface area (Å²) < 4.78 is 5.65. The Labute approximate surface area is 156 Å². The summed E-state index contributed by atoms with van der Waals surface area (Å²) in [4.78, 5) is 10.5. The second-order valence-corrected chi connectivity index (χ2v) is 6.95. The molecule has 0 spiro atoms.